The van der Waals surface area contributed by atoms with Crippen LogP contribution < -0.4 is 0 Å². The minimum Gasteiger partial charge on any atom is -0.466 e. The van der Waals surface area contributed by atoms with Gasteiger partial charge < -0.3 is 9.32 Å². The van der Waals surface area contributed by atoms with Crippen LogP contribution in [-0.2, 0) is 10.0 Å². The standard InChI is InChI=1S/C13H20N2O4S/c1-9-10(2)19-11(3)12(9)13(16)14-5-7-15(8-6-14)20(4,17)18/h5-8H2,1-4H3. The number of nitrogens with zero attached hydrogens (tertiary/aromatic N) is 2. The molecule has 0 unspecified atom stereocenters. The maximum Gasteiger partial charge on any atom is 0.257 e. The number of aryl methyl sites for hydroxylation is 2. The van der Waals surface area contributed by atoms with Crippen molar-refractivity contribution in [1.82, 2.24) is 9.21 Å². The minimum atomic E-state index is -3.18. The number of hydrogen-bond donors (Lipinski definition) is 0. The highest BCUT2D eigenvalue weighted by Gasteiger charge is 2.29. The van der Waals surface area contributed by atoms with Crippen molar-refractivity contribution >= 4 is 15.9 Å². The number of furan rings is 1. The monoisotopic (exact) mass is 300 g/mol. The van der Waals surface area contributed by atoms with Gasteiger partial charge in [-0.05, 0) is 20.8 Å². The van der Waals surface area contributed by atoms with Crippen LogP contribution in [0.1, 0.15) is 27.4 Å². The number of carbonyl (C=O) groups excluding carboxylic acids is 1. The quantitative estimate of drug-likeness (QED) is 0.814. The summed E-state index contributed by atoms with van der Waals surface area (Å²) in [5.41, 5.74) is 1.47. The summed E-state index contributed by atoms with van der Waals surface area (Å²) in [6, 6.07) is 0. The lowest BCUT2D eigenvalue weighted by molar-refractivity contribution is 0.0696. The summed E-state index contributed by atoms with van der Waals surface area (Å²) >= 11 is 0. The molecule has 0 saturated carbocycles. The fourth-order valence-electron chi connectivity index (χ4n) is 2.49. The summed E-state index contributed by atoms with van der Waals surface area (Å²) < 4.78 is 29.8. The van der Waals surface area contributed by atoms with E-state index in [1.807, 2.05) is 13.8 Å². The van der Waals surface area contributed by atoms with Crippen LogP contribution in [0.4, 0.5) is 0 Å². The van der Waals surface area contributed by atoms with Crippen molar-refractivity contribution in [3.8, 4) is 0 Å². The lowest BCUT2D eigenvalue weighted by Gasteiger charge is -2.33. The van der Waals surface area contributed by atoms with Gasteiger partial charge in [0, 0.05) is 31.7 Å². The second kappa shape index (κ2) is 5.21. The highest BCUT2D eigenvalue weighted by molar-refractivity contribution is 7.88. The molecule has 1 fully saturated rings. The summed E-state index contributed by atoms with van der Waals surface area (Å²) in [6.45, 7) is 7.00. The largest absolute Gasteiger partial charge is 0.466 e. The Morgan fingerprint density at radius 3 is 2.00 bits per heavy atom. The summed E-state index contributed by atoms with van der Waals surface area (Å²) in [6.07, 6.45) is 1.19. The molecule has 1 aromatic heterocycles. The van der Waals surface area contributed by atoms with Crippen molar-refractivity contribution < 1.29 is 17.6 Å². The van der Waals surface area contributed by atoms with Gasteiger partial charge in [-0.1, -0.05) is 0 Å². The van der Waals surface area contributed by atoms with Gasteiger partial charge >= 0.3 is 0 Å². The summed E-state index contributed by atoms with van der Waals surface area (Å²) in [4.78, 5) is 14.2. The zero-order chi connectivity index (χ0) is 15.1. The maximum atomic E-state index is 12.5. The van der Waals surface area contributed by atoms with Gasteiger partial charge in [0.25, 0.3) is 5.91 Å². The van der Waals surface area contributed by atoms with Crippen LogP contribution in [0.15, 0.2) is 4.42 Å². The number of rotatable bonds is 2. The number of piperazine rings is 1. The average Bonchev–Trinajstić information content (AvgIpc) is 2.62. The molecule has 1 aliphatic rings. The molecular weight excluding hydrogens is 280 g/mol. The van der Waals surface area contributed by atoms with Gasteiger partial charge in [-0.25, -0.2) is 8.42 Å². The number of hydrogen-bond acceptors (Lipinski definition) is 4. The molecule has 0 radical (unpaired) electrons. The molecule has 2 heterocycles. The van der Waals surface area contributed by atoms with Crippen LogP contribution in [0.25, 0.3) is 0 Å². The van der Waals surface area contributed by atoms with Crippen LogP contribution in [-0.4, -0.2) is 56.0 Å². The third kappa shape index (κ3) is 2.73. The van der Waals surface area contributed by atoms with Crippen LogP contribution in [0.2, 0.25) is 0 Å². The van der Waals surface area contributed by atoms with Crippen LogP contribution in [0.5, 0.6) is 0 Å². The lowest BCUT2D eigenvalue weighted by atomic mass is 10.1. The molecule has 0 aliphatic carbocycles. The Morgan fingerprint density at radius 2 is 1.60 bits per heavy atom. The fraction of sp³-hybridized carbons (Fsp3) is 0.615. The molecule has 1 amide bonds. The van der Waals surface area contributed by atoms with Crippen LogP contribution >= 0.6 is 0 Å². The van der Waals surface area contributed by atoms with Gasteiger partial charge in [-0.3, -0.25) is 4.79 Å². The van der Waals surface area contributed by atoms with E-state index in [9.17, 15) is 13.2 Å². The van der Waals surface area contributed by atoms with E-state index in [2.05, 4.69) is 0 Å². The topological polar surface area (TPSA) is 70.8 Å². The molecule has 20 heavy (non-hydrogen) atoms. The zero-order valence-electron chi connectivity index (χ0n) is 12.3. The second-order valence-corrected chi connectivity index (χ2v) is 7.15. The number of carbonyl (C=O) groups is 1. The first-order valence-electron chi connectivity index (χ1n) is 6.53. The van der Waals surface area contributed by atoms with Gasteiger partial charge in [0.2, 0.25) is 10.0 Å². The summed E-state index contributed by atoms with van der Waals surface area (Å²) in [5.74, 6) is 1.29. The van der Waals surface area contributed by atoms with Gasteiger partial charge in [0.05, 0.1) is 11.8 Å². The van der Waals surface area contributed by atoms with E-state index in [4.69, 9.17) is 4.42 Å². The Morgan fingerprint density at radius 1 is 1.05 bits per heavy atom. The summed E-state index contributed by atoms with van der Waals surface area (Å²) in [7, 11) is -3.18. The van der Waals surface area contributed by atoms with Crippen molar-refractivity contribution in [3.63, 3.8) is 0 Å². The van der Waals surface area contributed by atoms with Gasteiger partial charge in [-0.15, -0.1) is 0 Å². The van der Waals surface area contributed by atoms with Crippen molar-refractivity contribution in [2.45, 2.75) is 20.8 Å². The van der Waals surface area contributed by atoms with Crippen LogP contribution in [0, 0.1) is 20.8 Å². The molecule has 1 aromatic rings. The number of sulfonamides is 1. The van der Waals surface area contributed by atoms with Crippen LogP contribution in [0.3, 0.4) is 0 Å². The van der Waals surface area contributed by atoms with Gasteiger partial charge in [-0.2, -0.15) is 4.31 Å². The smallest absolute Gasteiger partial charge is 0.257 e. The maximum absolute atomic E-state index is 12.5. The van der Waals surface area contributed by atoms with E-state index < -0.39 is 10.0 Å². The molecule has 1 saturated heterocycles. The molecule has 6 nitrogen and oxygen atoms in total. The van der Waals surface area contributed by atoms with Crippen molar-refractivity contribution in [2.75, 3.05) is 32.4 Å². The highest BCUT2D eigenvalue weighted by Crippen LogP contribution is 2.23. The first-order chi connectivity index (χ1) is 9.21. The molecule has 0 bridgehead atoms. The summed E-state index contributed by atoms with van der Waals surface area (Å²) in [5, 5.41) is 0. The second-order valence-electron chi connectivity index (χ2n) is 5.17. The van der Waals surface area contributed by atoms with E-state index in [0.29, 0.717) is 37.5 Å². The average molecular weight is 300 g/mol. The molecule has 0 aromatic carbocycles. The third-order valence-corrected chi connectivity index (χ3v) is 5.07. The molecule has 0 spiro atoms. The lowest BCUT2D eigenvalue weighted by Crippen LogP contribution is -2.50. The Balaban J connectivity index is 2.13. The van der Waals surface area contributed by atoms with Crippen molar-refractivity contribution in [2.24, 2.45) is 0 Å². The predicted octanol–water partition coefficient (Wildman–Crippen LogP) is 0.922. The molecule has 112 valence electrons. The molecule has 0 N–H and O–H groups in total. The molecule has 0 atom stereocenters. The van der Waals surface area contributed by atoms with E-state index >= 15 is 0 Å². The SMILES string of the molecule is Cc1oc(C)c(C(=O)N2CCN(S(C)(=O)=O)CC2)c1C. The zero-order valence-corrected chi connectivity index (χ0v) is 13.1. The third-order valence-electron chi connectivity index (χ3n) is 3.77. The highest BCUT2D eigenvalue weighted by atomic mass is 32.2. The molecule has 7 heteroatoms. The predicted molar refractivity (Wildman–Crippen MR) is 75.2 cm³/mol. The molecule has 1 aliphatic heterocycles. The minimum absolute atomic E-state index is 0.0787. The van der Waals surface area contributed by atoms with Crippen molar-refractivity contribution in [1.29, 1.82) is 0 Å². The van der Waals surface area contributed by atoms with E-state index in [1.54, 1.807) is 11.8 Å². The first-order valence-corrected chi connectivity index (χ1v) is 8.37. The Bertz CT molecular complexity index is 625. The van der Waals surface area contributed by atoms with E-state index in [0.717, 1.165) is 11.3 Å². The molecular formula is C13H20N2O4S. The van der Waals surface area contributed by atoms with E-state index in [-0.39, 0.29) is 5.91 Å². The number of amides is 1. The van der Waals surface area contributed by atoms with Gasteiger partial charge in [0.1, 0.15) is 11.5 Å². The van der Waals surface area contributed by atoms with E-state index in [1.165, 1.54) is 10.6 Å². The normalized spacial score (nSPS) is 17.5. The Hall–Kier alpha value is -1.34. The Kier molecular flexibility index (Phi) is 3.93. The van der Waals surface area contributed by atoms with Gasteiger partial charge in [0.15, 0.2) is 0 Å². The fourth-order valence-corrected chi connectivity index (χ4v) is 3.32. The van der Waals surface area contributed by atoms with Crippen molar-refractivity contribution in [3.05, 3.63) is 22.6 Å². The molecule has 2 rings (SSSR count). The first kappa shape index (κ1) is 15.1. The Labute approximate surface area is 119 Å².